The number of amidine groups is 1. The zero-order valence-corrected chi connectivity index (χ0v) is 27.8. The predicted octanol–water partition coefficient (Wildman–Crippen LogP) is 8.26. The maximum atomic E-state index is 13.6. The van der Waals surface area contributed by atoms with Gasteiger partial charge >= 0.3 is 24.6 Å². The number of ether oxygens (including phenoxy) is 1. The summed E-state index contributed by atoms with van der Waals surface area (Å²) in [5.41, 5.74) is 1.05. The molecule has 18 heteroatoms. The second-order valence-corrected chi connectivity index (χ2v) is 11.3. The number of rotatable bonds is 8. The highest BCUT2D eigenvalue weighted by Gasteiger charge is 2.42. The van der Waals surface area contributed by atoms with E-state index in [1.165, 1.54) is 16.7 Å². The number of allylic oxidation sites excluding steroid dienone is 4. The quantitative estimate of drug-likeness (QED) is 0.0962. The van der Waals surface area contributed by atoms with Crippen molar-refractivity contribution in [3.8, 4) is 0 Å². The highest BCUT2D eigenvalue weighted by Crippen LogP contribution is 2.44. The number of amides is 1. The minimum atomic E-state index is -4.95. The lowest BCUT2D eigenvalue weighted by Gasteiger charge is -2.45. The number of nitrogens with zero attached hydrogens (tertiary/aromatic N) is 6. The van der Waals surface area contributed by atoms with Crippen LogP contribution in [0.4, 0.5) is 55.7 Å². The van der Waals surface area contributed by atoms with Crippen LogP contribution in [0.15, 0.2) is 68.6 Å². The second-order valence-electron chi connectivity index (χ2n) is 11.3. The van der Waals surface area contributed by atoms with Gasteiger partial charge in [0.2, 0.25) is 0 Å². The third-order valence-corrected chi connectivity index (χ3v) is 7.34. The van der Waals surface area contributed by atoms with E-state index >= 15 is 0 Å². The van der Waals surface area contributed by atoms with Crippen LogP contribution >= 0.6 is 0 Å². The number of hydrogen-bond donors (Lipinski definition) is 1. The summed E-state index contributed by atoms with van der Waals surface area (Å²) >= 11 is 0. The van der Waals surface area contributed by atoms with Gasteiger partial charge in [0, 0.05) is 18.7 Å². The van der Waals surface area contributed by atoms with Crippen LogP contribution in [0.1, 0.15) is 46.1 Å². The molecule has 1 aliphatic carbocycles. The van der Waals surface area contributed by atoms with Gasteiger partial charge in [0.05, 0.1) is 47.7 Å². The first-order chi connectivity index (χ1) is 22.6. The Morgan fingerprint density at radius 1 is 1.02 bits per heavy atom. The normalized spacial score (nSPS) is 18.2. The van der Waals surface area contributed by atoms with Crippen molar-refractivity contribution in [1.29, 1.82) is 0 Å². The van der Waals surface area contributed by atoms with Gasteiger partial charge in [0.25, 0.3) is 0 Å². The average Bonchev–Trinajstić information content (AvgIpc) is 3.23. The van der Waals surface area contributed by atoms with Gasteiger partial charge in [-0.2, -0.15) is 44.6 Å². The number of likely N-dealkylation sites (N-methyl/N-ethyl adjacent to an activating group) is 1. The first kappa shape index (κ1) is 41.1. The SMILES string of the molecule is C/C(N)=N/N=NCCN(C)C.CCOC(=O)N1c2ccc(C(F)(F)F)cc2N(C(C)C2=CC(C(F)(F)F)=CCC(C(F)(F)F)=C2)CC1CC. The second kappa shape index (κ2) is 17.0. The highest BCUT2D eigenvalue weighted by atomic mass is 19.4. The van der Waals surface area contributed by atoms with Gasteiger partial charge in [-0.05, 0) is 88.9 Å². The molecule has 0 radical (unpaired) electrons. The maximum absolute atomic E-state index is 13.6. The molecule has 2 aliphatic rings. The lowest BCUT2D eigenvalue weighted by Crippen LogP contribution is -2.54. The van der Waals surface area contributed by atoms with Crippen LogP contribution in [-0.4, -0.2) is 81.6 Å². The van der Waals surface area contributed by atoms with Crippen molar-refractivity contribution in [3.05, 3.63) is 58.7 Å². The molecule has 0 saturated heterocycles. The van der Waals surface area contributed by atoms with E-state index in [0.29, 0.717) is 30.6 Å². The van der Waals surface area contributed by atoms with Crippen molar-refractivity contribution in [3.63, 3.8) is 0 Å². The summed E-state index contributed by atoms with van der Waals surface area (Å²) in [6, 6.07) is 0.627. The Balaban J connectivity index is 0.000000650. The minimum Gasteiger partial charge on any atom is -0.449 e. The summed E-state index contributed by atoms with van der Waals surface area (Å²) in [6.45, 7) is 7.56. The van der Waals surface area contributed by atoms with E-state index in [9.17, 15) is 44.3 Å². The van der Waals surface area contributed by atoms with Crippen LogP contribution in [0.5, 0.6) is 0 Å². The lowest BCUT2D eigenvalue weighted by molar-refractivity contribution is -0.137. The van der Waals surface area contributed by atoms with Gasteiger partial charge in [0.1, 0.15) is 5.84 Å². The molecule has 1 heterocycles. The van der Waals surface area contributed by atoms with Crippen molar-refractivity contribution in [2.45, 2.75) is 71.1 Å². The third-order valence-electron chi connectivity index (χ3n) is 7.34. The first-order valence-corrected chi connectivity index (χ1v) is 15.1. The fourth-order valence-corrected chi connectivity index (χ4v) is 4.82. The van der Waals surface area contributed by atoms with Crippen LogP contribution in [0.2, 0.25) is 0 Å². The molecule has 9 nitrogen and oxygen atoms in total. The summed E-state index contributed by atoms with van der Waals surface area (Å²) in [7, 11) is 3.96. The van der Waals surface area contributed by atoms with Gasteiger partial charge < -0.3 is 20.3 Å². The fraction of sp³-hybridized carbons (Fsp3) is 0.548. The largest absolute Gasteiger partial charge is 0.449 e. The summed E-state index contributed by atoms with van der Waals surface area (Å²) in [4.78, 5) is 17.2. The van der Waals surface area contributed by atoms with Gasteiger partial charge in [-0.3, -0.25) is 4.90 Å². The van der Waals surface area contributed by atoms with Crippen molar-refractivity contribution in [1.82, 2.24) is 4.90 Å². The zero-order valence-electron chi connectivity index (χ0n) is 27.8. The van der Waals surface area contributed by atoms with Gasteiger partial charge in [-0.15, -0.1) is 5.10 Å². The smallest absolute Gasteiger partial charge is 0.416 e. The standard InChI is InChI=1S/C25H25F9N2O2.C6H15N5/c1-4-19-13-35(14(3)15-10-16(23(26,27)28)6-7-17(11-15)24(29,30)31)21-12-18(25(32,33)34)8-9-20(21)36(19)22(37)38-5-2;1-6(7)9-10-8-4-5-11(2)3/h6,8-12,14,19H,4-5,7,13H2,1-3H3;4-5H2,1-3H3,(H2,7,8,9). The van der Waals surface area contributed by atoms with Crippen LogP contribution < -0.4 is 15.5 Å². The molecule has 2 atom stereocenters. The topological polar surface area (TPSA) is 99.1 Å². The van der Waals surface area contributed by atoms with E-state index < -0.39 is 59.8 Å². The van der Waals surface area contributed by atoms with E-state index in [4.69, 9.17) is 10.5 Å². The number of halogens is 9. The van der Waals surface area contributed by atoms with Crippen molar-refractivity contribution < 1.29 is 49.0 Å². The minimum absolute atomic E-state index is 0.00207. The van der Waals surface area contributed by atoms with Gasteiger partial charge in [-0.25, -0.2) is 4.79 Å². The van der Waals surface area contributed by atoms with Crippen LogP contribution in [0, 0.1) is 0 Å². The Morgan fingerprint density at radius 2 is 1.67 bits per heavy atom. The predicted molar refractivity (Wildman–Crippen MR) is 168 cm³/mol. The molecule has 1 aromatic rings. The molecule has 2 unspecified atom stereocenters. The summed E-state index contributed by atoms with van der Waals surface area (Å²) in [5, 5.41) is 10.8. The fourth-order valence-electron chi connectivity index (χ4n) is 4.82. The van der Waals surface area contributed by atoms with Gasteiger partial charge in [0.15, 0.2) is 0 Å². The maximum Gasteiger partial charge on any atom is 0.416 e. The van der Waals surface area contributed by atoms with Gasteiger partial charge in [-0.1, -0.05) is 13.0 Å². The molecule has 0 fully saturated rings. The van der Waals surface area contributed by atoms with E-state index in [1.54, 1.807) is 20.8 Å². The molecule has 0 bridgehead atoms. The summed E-state index contributed by atoms with van der Waals surface area (Å²) in [6.07, 6.45) is -14.6. The summed E-state index contributed by atoms with van der Waals surface area (Å²) in [5.74, 6) is 0.429. The number of nitrogens with two attached hydrogens (primary N) is 1. The summed E-state index contributed by atoms with van der Waals surface area (Å²) < 4.78 is 127. The Morgan fingerprint density at radius 3 is 2.18 bits per heavy atom. The lowest BCUT2D eigenvalue weighted by atomic mass is 9.96. The molecule has 49 heavy (non-hydrogen) atoms. The molecule has 0 spiro atoms. The Kier molecular flexibility index (Phi) is 14.3. The number of hydrogen-bond acceptors (Lipinski definition) is 6. The molecule has 274 valence electrons. The Labute approximate surface area is 278 Å². The molecule has 0 saturated carbocycles. The Hall–Kier alpha value is -4.09. The van der Waals surface area contributed by atoms with Crippen molar-refractivity contribution in [2.24, 2.45) is 21.2 Å². The molecular formula is C31H40F9N7O2. The van der Waals surface area contributed by atoms with E-state index in [0.717, 1.165) is 24.7 Å². The molecule has 2 N–H and O–H groups in total. The molecule has 1 aromatic carbocycles. The monoisotopic (exact) mass is 713 g/mol. The van der Waals surface area contributed by atoms with E-state index in [-0.39, 0.29) is 36.5 Å². The third kappa shape index (κ3) is 11.8. The van der Waals surface area contributed by atoms with Crippen molar-refractivity contribution >= 4 is 23.3 Å². The molecule has 1 amide bonds. The number of anilines is 2. The number of alkyl halides is 9. The van der Waals surface area contributed by atoms with E-state index in [1.807, 2.05) is 19.0 Å². The van der Waals surface area contributed by atoms with E-state index in [2.05, 4.69) is 15.4 Å². The zero-order chi connectivity index (χ0) is 37.3. The van der Waals surface area contributed by atoms with Crippen LogP contribution in [0.3, 0.4) is 0 Å². The van der Waals surface area contributed by atoms with Crippen LogP contribution in [0.25, 0.3) is 0 Å². The first-order valence-electron chi connectivity index (χ1n) is 15.1. The molecule has 0 aromatic heterocycles. The molecule has 1 aliphatic heterocycles. The number of fused-ring (bicyclic) bond motifs is 1. The number of carbonyl (C=O) groups is 1. The average molecular weight is 714 g/mol. The number of benzene rings is 1. The molecular weight excluding hydrogens is 673 g/mol. The number of carbonyl (C=O) groups excluding carboxylic acids is 1. The highest BCUT2D eigenvalue weighted by molar-refractivity contribution is 5.95. The molecule has 3 rings (SSSR count). The van der Waals surface area contributed by atoms with Crippen LogP contribution in [-0.2, 0) is 10.9 Å². The van der Waals surface area contributed by atoms with Crippen molar-refractivity contribution in [2.75, 3.05) is 50.1 Å². The Bertz CT molecular complexity index is 1440.